The molecule has 1 heterocycles. The molecule has 1 aromatic heterocycles. The first-order valence-electron chi connectivity index (χ1n) is 13.9. The molecule has 0 saturated heterocycles. The molecule has 0 fully saturated rings. The number of ether oxygens (including phenoxy) is 2. The van der Waals surface area contributed by atoms with Crippen molar-refractivity contribution in [3.63, 3.8) is 0 Å². The number of hydrogen-bond acceptors (Lipinski definition) is 10. The molecule has 1 unspecified atom stereocenters. The van der Waals surface area contributed by atoms with Crippen molar-refractivity contribution in [1.82, 2.24) is 15.8 Å². The molecule has 14 nitrogen and oxygen atoms in total. The zero-order chi connectivity index (χ0) is 34.9. The zero-order valence-corrected chi connectivity index (χ0v) is 25.6. The van der Waals surface area contributed by atoms with E-state index in [-0.39, 0.29) is 22.6 Å². The third-order valence-corrected chi connectivity index (χ3v) is 5.94. The van der Waals surface area contributed by atoms with Gasteiger partial charge in [0.1, 0.15) is 11.9 Å². The number of carbonyl (C=O) groups is 4. The molecule has 3 aromatic rings. The van der Waals surface area contributed by atoms with Gasteiger partial charge in [-0.3, -0.25) is 30.6 Å². The molecule has 3 amide bonds. The van der Waals surface area contributed by atoms with Crippen molar-refractivity contribution in [3.05, 3.63) is 77.5 Å². The molecule has 6 N–H and O–H groups in total. The van der Waals surface area contributed by atoms with Gasteiger partial charge in [0.2, 0.25) is 0 Å². The van der Waals surface area contributed by atoms with E-state index >= 15 is 0 Å². The highest BCUT2D eigenvalue weighted by molar-refractivity contribution is 5.98. The number of pyridine rings is 1. The number of anilines is 2. The topological polar surface area (TPSA) is 198 Å². The Morgan fingerprint density at radius 2 is 1.66 bits per heavy atom. The normalized spacial score (nSPS) is 11.6. The van der Waals surface area contributed by atoms with E-state index in [2.05, 4.69) is 26.0 Å². The van der Waals surface area contributed by atoms with Crippen LogP contribution in [0.4, 0.5) is 24.7 Å². The Morgan fingerprint density at radius 1 is 0.979 bits per heavy atom. The average Bonchev–Trinajstić information content (AvgIpc) is 3.01. The number of hydrazine groups is 1. The maximum Gasteiger partial charge on any atom is 0.493 e. The smallest absolute Gasteiger partial charge is 0.490 e. The number of amides is 3. The fraction of sp³-hybridized carbons (Fsp3) is 0.267. The van der Waals surface area contributed by atoms with Gasteiger partial charge in [-0.2, -0.15) is 13.2 Å². The van der Waals surface area contributed by atoms with E-state index in [1.54, 1.807) is 49.4 Å². The number of halogens is 3. The first-order chi connectivity index (χ1) is 22.1. The minimum Gasteiger partial charge on any atom is -0.490 e. The van der Waals surface area contributed by atoms with Crippen molar-refractivity contribution in [2.24, 2.45) is 5.73 Å². The molecule has 3 rings (SSSR count). The summed E-state index contributed by atoms with van der Waals surface area (Å²) in [6, 6.07) is 12.1. The quantitative estimate of drug-likeness (QED) is 0.115. The number of nitrogens with two attached hydrogens (primary N) is 1. The second-order valence-electron chi connectivity index (χ2n) is 9.91. The van der Waals surface area contributed by atoms with Crippen molar-refractivity contribution in [3.8, 4) is 11.5 Å². The minimum absolute atomic E-state index is 0.0227. The predicted molar refractivity (Wildman–Crippen MR) is 162 cm³/mol. The lowest BCUT2D eigenvalue weighted by molar-refractivity contribution is -0.201. The number of alkyl halides is 3. The summed E-state index contributed by atoms with van der Waals surface area (Å²) in [5.41, 5.74) is 11.1. The lowest BCUT2D eigenvalue weighted by Crippen LogP contribution is -2.45. The summed E-state index contributed by atoms with van der Waals surface area (Å²) in [5, 5.41) is 10.6. The molecule has 0 aliphatic heterocycles. The Labute approximate surface area is 266 Å². The van der Waals surface area contributed by atoms with Crippen molar-refractivity contribution < 1.29 is 46.7 Å². The molecule has 0 radical (unpaired) electrons. The fourth-order valence-corrected chi connectivity index (χ4v) is 3.88. The van der Waals surface area contributed by atoms with Crippen LogP contribution in [0.15, 0.2) is 60.8 Å². The standard InChI is InChI=1S/C30H32F3N7O7/c1-5-45-23-14-19(8-11-22(23)46-16(2)3)25(37-21-9-6-18(7-10-21)26(34)35)28(43)39-38-27(42)20-12-13-36-24(15-20)40(17(4)41)47-29(44)30(31,32)33/h6-16,25,37H,5H2,1-4H3,(H3,34,35)(H,38,42)(H,39,43). The van der Waals surface area contributed by atoms with Crippen LogP contribution < -0.4 is 36.4 Å². The maximum atomic E-state index is 13.5. The van der Waals surface area contributed by atoms with E-state index in [4.69, 9.17) is 20.6 Å². The number of nitrogens with one attached hydrogen (secondary N) is 4. The van der Waals surface area contributed by atoms with E-state index in [1.807, 2.05) is 13.8 Å². The predicted octanol–water partition coefficient (Wildman–Crippen LogP) is 3.54. The molecule has 0 spiro atoms. The number of nitrogen functional groups attached to an aromatic ring is 1. The van der Waals surface area contributed by atoms with Crippen LogP contribution in [0.3, 0.4) is 0 Å². The Balaban J connectivity index is 1.87. The molecule has 0 aliphatic carbocycles. The molecule has 47 heavy (non-hydrogen) atoms. The maximum absolute atomic E-state index is 13.5. The van der Waals surface area contributed by atoms with Gasteiger partial charge in [0.05, 0.1) is 12.7 Å². The molecule has 0 saturated carbocycles. The van der Waals surface area contributed by atoms with Crippen LogP contribution in [-0.2, 0) is 19.2 Å². The second-order valence-corrected chi connectivity index (χ2v) is 9.91. The number of benzene rings is 2. The van der Waals surface area contributed by atoms with Crippen LogP contribution in [0.2, 0.25) is 0 Å². The number of hydroxylamine groups is 1. The van der Waals surface area contributed by atoms with Crippen LogP contribution in [0.5, 0.6) is 11.5 Å². The molecule has 250 valence electrons. The number of carbonyl (C=O) groups excluding carboxylic acids is 4. The first kappa shape index (κ1) is 35.6. The van der Waals surface area contributed by atoms with Gasteiger partial charge in [0.15, 0.2) is 17.3 Å². The highest BCUT2D eigenvalue weighted by Crippen LogP contribution is 2.33. The molecule has 0 aliphatic rings. The number of aromatic nitrogens is 1. The molecule has 17 heteroatoms. The number of rotatable bonds is 11. The third-order valence-electron chi connectivity index (χ3n) is 5.94. The summed E-state index contributed by atoms with van der Waals surface area (Å²) in [6.07, 6.45) is -4.59. The Kier molecular flexibility index (Phi) is 11.7. The lowest BCUT2D eigenvalue weighted by atomic mass is 10.0. The van der Waals surface area contributed by atoms with E-state index in [0.717, 1.165) is 25.3 Å². The first-order valence-corrected chi connectivity index (χ1v) is 13.9. The Hall–Kier alpha value is -5.87. The Bertz CT molecular complexity index is 1630. The van der Waals surface area contributed by atoms with Crippen LogP contribution >= 0.6 is 0 Å². The van der Waals surface area contributed by atoms with Gasteiger partial charge in [-0.1, -0.05) is 6.07 Å². The van der Waals surface area contributed by atoms with Crippen LogP contribution in [0.25, 0.3) is 0 Å². The second kappa shape index (κ2) is 15.4. The van der Waals surface area contributed by atoms with Gasteiger partial charge < -0.3 is 25.4 Å². The molecular formula is C30H32F3N7O7. The summed E-state index contributed by atoms with van der Waals surface area (Å²) < 4.78 is 49.7. The summed E-state index contributed by atoms with van der Waals surface area (Å²) in [4.78, 5) is 57.5. The third kappa shape index (κ3) is 9.81. The van der Waals surface area contributed by atoms with E-state index in [0.29, 0.717) is 34.9 Å². The van der Waals surface area contributed by atoms with E-state index in [9.17, 15) is 32.3 Å². The largest absolute Gasteiger partial charge is 0.493 e. The summed E-state index contributed by atoms with van der Waals surface area (Å²) in [7, 11) is 0. The minimum atomic E-state index is -5.40. The van der Waals surface area contributed by atoms with Crippen molar-refractivity contribution in [2.45, 2.75) is 46.0 Å². The summed E-state index contributed by atoms with van der Waals surface area (Å²) in [5.74, 6) is -5.47. The van der Waals surface area contributed by atoms with Gasteiger partial charge in [-0.25, -0.2) is 9.78 Å². The van der Waals surface area contributed by atoms with E-state index < -0.39 is 41.7 Å². The van der Waals surface area contributed by atoms with Gasteiger partial charge >= 0.3 is 12.1 Å². The van der Waals surface area contributed by atoms with Crippen molar-refractivity contribution in [1.29, 1.82) is 5.41 Å². The SMILES string of the molecule is CCOc1cc(C(Nc2ccc(C(=N)N)cc2)C(=O)NNC(=O)c2ccnc(N(OC(=O)C(F)(F)F)C(C)=O)c2)ccc1OC(C)C. The molecule has 0 bridgehead atoms. The van der Waals surface area contributed by atoms with Crippen molar-refractivity contribution in [2.75, 3.05) is 17.0 Å². The summed E-state index contributed by atoms with van der Waals surface area (Å²) in [6.45, 7) is 6.58. The Morgan fingerprint density at radius 3 is 2.23 bits per heavy atom. The highest BCUT2D eigenvalue weighted by Gasteiger charge is 2.43. The fourth-order valence-electron chi connectivity index (χ4n) is 3.88. The van der Waals surface area contributed by atoms with Crippen LogP contribution in [0.1, 0.15) is 55.2 Å². The zero-order valence-electron chi connectivity index (χ0n) is 25.6. The molecular weight excluding hydrogens is 627 g/mol. The van der Waals surface area contributed by atoms with Crippen LogP contribution in [0, 0.1) is 5.41 Å². The molecule has 1 atom stereocenters. The number of nitrogens with zero attached hydrogens (tertiary/aromatic N) is 2. The lowest BCUT2D eigenvalue weighted by Gasteiger charge is -2.22. The average molecular weight is 660 g/mol. The van der Waals surface area contributed by atoms with Crippen molar-refractivity contribution >= 4 is 41.0 Å². The number of amidine groups is 1. The monoisotopic (exact) mass is 659 g/mol. The summed E-state index contributed by atoms with van der Waals surface area (Å²) >= 11 is 0. The van der Waals surface area contributed by atoms with Crippen LogP contribution in [-0.4, -0.2) is 53.4 Å². The van der Waals surface area contributed by atoms with Gasteiger partial charge in [0, 0.05) is 29.9 Å². The molecule has 2 aromatic carbocycles. The van der Waals surface area contributed by atoms with Gasteiger partial charge in [0.25, 0.3) is 17.7 Å². The van der Waals surface area contributed by atoms with Gasteiger partial charge in [-0.15, -0.1) is 5.06 Å². The van der Waals surface area contributed by atoms with Gasteiger partial charge in [-0.05, 0) is 74.9 Å². The number of hydrogen-bond donors (Lipinski definition) is 5. The van der Waals surface area contributed by atoms with E-state index in [1.165, 1.54) is 0 Å². The highest BCUT2D eigenvalue weighted by atomic mass is 19.4.